The summed E-state index contributed by atoms with van der Waals surface area (Å²) in [5, 5.41) is 5.03. The third-order valence-corrected chi connectivity index (χ3v) is 5.12. The Labute approximate surface area is 161 Å². The molecule has 26 heavy (non-hydrogen) atoms. The SMILES string of the molecule is O=S(=O)(ON=C(c1ccc(Cl)cc1)c1ccc(Cl)cc1)c1ccccc1. The van der Waals surface area contributed by atoms with Crippen molar-refractivity contribution in [1.29, 1.82) is 0 Å². The van der Waals surface area contributed by atoms with Crippen LogP contribution in [-0.2, 0) is 14.4 Å². The maximum Gasteiger partial charge on any atom is 0.358 e. The molecule has 0 radical (unpaired) electrons. The average molecular weight is 406 g/mol. The molecule has 4 nitrogen and oxygen atoms in total. The first-order chi connectivity index (χ1) is 12.5. The second-order valence-electron chi connectivity index (χ2n) is 5.30. The van der Waals surface area contributed by atoms with Crippen LogP contribution >= 0.6 is 23.2 Å². The summed E-state index contributed by atoms with van der Waals surface area (Å²) in [6.07, 6.45) is 0. The highest BCUT2D eigenvalue weighted by Gasteiger charge is 2.17. The van der Waals surface area contributed by atoms with Crippen LogP contribution in [0.4, 0.5) is 0 Å². The molecule has 0 unspecified atom stereocenters. The number of nitrogens with zero attached hydrogens (tertiary/aromatic N) is 1. The van der Waals surface area contributed by atoms with Crippen LogP contribution in [0.5, 0.6) is 0 Å². The van der Waals surface area contributed by atoms with Gasteiger partial charge < -0.3 is 0 Å². The van der Waals surface area contributed by atoms with Crippen molar-refractivity contribution in [2.45, 2.75) is 4.90 Å². The van der Waals surface area contributed by atoms with Crippen LogP contribution in [0, 0.1) is 0 Å². The fraction of sp³-hybridized carbons (Fsp3) is 0. The van der Waals surface area contributed by atoms with Crippen LogP contribution < -0.4 is 0 Å². The first-order valence-corrected chi connectivity index (χ1v) is 9.71. The van der Waals surface area contributed by atoms with E-state index in [0.29, 0.717) is 26.9 Å². The number of rotatable bonds is 5. The first-order valence-electron chi connectivity index (χ1n) is 7.54. The molecule has 132 valence electrons. The van der Waals surface area contributed by atoms with Crippen LogP contribution in [0.2, 0.25) is 10.0 Å². The standard InChI is InChI=1S/C19H13Cl2NO3S/c20-16-10-6-14(7-11-16)19(15-8-12-17(21)13-9-15)22-25-26(23,24)18-4-2-1-3-5-18/h1-13H. The molecule has 0 aliphatic rings. The topological polar surface area (TPSA) is 55.7 Å². The number of hydrogen-bond donors (Lipinski definition) is 0. The molecule has 0 bridgehead atoms. The number of halogens is 2. The molecule has 3 aromatic carbocycles. The highest BCUT2D eigenvalue weighted by atomic mass is 35.5. The smallest absolute Gasteiger partial charge is 0.264 e. The minimum absolute atomic E-state index is 0.0234. The van der Waals surface area contributed by atoms with Crippen LogP contribution in [0.15, 0.2) is 88.9 Å². The van der Waals surface area contributed by atoms with Gasteiger partial charge in [0.15, 0.2) is 0 Å². The number of oxime groups is 1. The molecule has 3 rings (SSSR count). The molecule has 0 N–H and O–H groups in total. The molecule has 0 aliphatic heterocycles. The van der Waals surface area contributed by atoms with Gasteiger partial charge in [-0.15, -0.1) is 0 Å². The van der Waals surface area contributed by atoms with Crippen molar-refractivity contribution in [2.75, 3.05) is 0 Å². The monoisotopic (exact) mass is 405 g/mol. The van der Waals surface area contributed by atoms with Gasteiger partial charge in [0.25, 0.3) is 0 Å². The quantitative estimate of drug-likeness (QED) is 0.435. The Morgan fingerprint density at radius 3 is 1.65 bits per heavy atom. The lowest BCUT2D eigenvalue weighted by Gasteiger charge is -2.08. The van der Waals surface area contributed by atoms with E-state index in [1.807, 2.05) is 0 Å². The molecule has 0 aliphatic carbocycles. The third-order valence-electron chi connectivity index (χ3n) is 3.49. The van der Waals surface area contributed by atoms with Crippen molar-refractivity contribution in [3.63, 3.8) is 0 Å². The van der Waals surface area contributed by atoms with Gasteiger partial charge in [0, 0.05) is 21.2 Å². The predicted molar refractivity (Wildman–Crippen MR) is 103 cm³/mol. The van der Waals surface area contributed by atoms with E-state index in [1.165, 1.54) is 12.1 Å². The predicted octanol–water partition coefficient (Wildman–Crippen LogP) is 5.15. The fourth-order valence-electron chi connectivity index (χ4n) is 2.20. The van der Waals surface area contributed by atoms with Crippen molar-refractivity contribution in [2.24, 2.45) is 5.16 Å². The van der Waals surface area contributed by atoms with Crippen molar-refractivity contribution in [3.8, 4) is 0 Å². The van der Waals surface area contributed by atoms with Crippen molar-refractivity contribution in [1.82, 2.24) is 0 Å². The summed E-state index contributed by atoms with van der Waals surface area (Å²) in [7, 11) is -4.03. The summed E-state index contributed by atoms with van der Waals surface area (Å²) >= 11 is 11.9. The zero-order valence-corrected chi connectivity index (χ0v) is 15.7. The Kier molecular flexibility index (Phi) is 5.61. The lowest BCUT2D eigenvalue weighted by molar-refractivity contribution is 0.339. The van der Waals surface area contributed by atoms with Crippen LogP contribution in [0.3, 0.4) is 0 Å². The normalized spacial score (nSPS) is 11.0. The molecule has 0 saturated carbocycles. The van der Waals surface area contributed by atoms with E-state index in [9.17, 15) is 8.42 Å². The molecule has 7 heteroatoms. The van der Waals surface area contributed by atoms with E-state index >= 15 is 0 Å². The van der Waals surface area contributed by atoms with E-state index in [-0.39, 0.29) is 4.90 Å². The lowest BCUT2D eigenvalue weighted by Crippen LogP contribution is -2.08. The lowest BCUT2D eigenvalue weighted by atomic mass is 10.0. The van der Waals surface area contributed by atoms with Crippen molar-refractivity contribution in [3.05, 3.63) is 100 Å². The summed E-state index contributed by atoms with van der Waals surface area (Å²) < 4.78 is 29.6. The molecule has 0 amide bonds. The Balaban J connectivity index is 2.01. The third kappa shape index (κ3) is 4.43. The van der Waals surface area contributed by atoms with Crippen LogP contribution in [-0.4, -0.2) is 14.1 Å². The van der Waals surface area contributed by atoms with Gasteiger partial charge in [-0.3, -0.25) is 4.28 Å². The molecule has 0 saturated heterocycles. The van der Waals surface area contributed by atoms with E-state index in [4.69, 9.17) is 27.5 Å². The largest absolute Gasteiger partial charge is 0.358 e. The van der Waals surface area contributed by atoms with Gasteiger partial charge in [0.2, 0.25) is 0 Å². The van der Waals surface area contributed by atoms with E-state index < -0.39 is 10.1 Å². The number of hydrogen-bond acceptors (Lipinski definition) is 4. The summed E-state index contributed by atoms with van der Waals surface area (Å²) in [5.74, 6) is 0. The molecule has 0 fully saturated rings. The van der Waals surface area contributed by atoms with Gasteiger partial charge in [-0.05, 0) is 36.4 Å². The highest BCUT2D eigenvalue weighted by Crippen LogP contribution is 2.19. The minimum Gasteiger partial charge on any atom is -0.264 e. The van der Waals surface area contributed by atoms with Gasteiger partial charge in [-0.25, -0.2) is 0 Å². The summed E-state index contributed by atoms with van der Waals surface area (Å²) in [6.45, 7) is 0. The van der Waals surface area contributed by atoms with Gasteiger partial charge >= 0.3 is 10.1 Å². The average Bonchev–Trinajstić information content (AvgIpc) is 2.65. The summed E-state index contributed by atoms with van der Waals surface area (Å²) in [5.41, 5.74) is 1.65. The maximum atomic E-state index is 12.3. The van der Waals surface area contributed by atoms with Gasteiger partial charge in [0.05, 0.1) is 0 Å². The Morgan fingerprint density at radius 2 is 1.19 bits per heavy atom. The molecule has 0 atom stereocenters. The van der Waals surface area contributed by atoms with E-state index in [1.54, 1.807) is 66.7 Å². The fourth-order valence-corrected chi connectivity index (χ4v) is 3.21. The summed E-state index contributed by atoms with van der Waals surface area (Å²) in [4.78, 5) is 0.0234. The maximum absolute atomic E-state index is 12.3. The van der Waals surface area contributed by atoms with E-state index in [0.717, 1.165) is 0 Å². The minimum atomic E-state index is -4.03. The molecule has 0 aromatic heterocycles. The Bertz CT molecular complexity index is 969. The first kappa shape index (κ1) is 18.5. The highest BCUT2D eigenvalue weighted by molar-refractivity contribution is 7.86. The van der Waals surface area contributed by atoms with Gasteiger partial charge in [-0.1, -0.05) is 70.8 Å². The van der Waals surface area contributed by atoms with Gasteiger partial charge in [-0.2, -0.15) is 8.42 Å². The molecular formula is C19H13Cl2NO3S. The number of benzene rings is 3. The van der Waals surface area contributed by atoms with Crippen molar-refractivity contribution < 1.29 is 12.7 Å². The molecule has 0 spiro atoms. The second-order valence-corrected chi connectivity index (χ2v) is 7.70. The zero-order chi connectivity index (χ0) is 18.6. The van der Waals surface area contributed by atoms with Crippen molar-refractivity contribution >= 4 is 39.0 Å². The molecule has 0 heterocycles. The van der Waals surface area contributed by atoms with Crippen LogP contribution in [0.25, 0.3) is 0 Å². The van der Waals surface area contributed by atoms with Crippen LogP contribution in [0.1, 0.15) is 11.1 Å². The summed E-state index contributed by atoms with van der Waals surface area (Å²) in [6, 6.07) is 21.5. The van der Waals surface area contributed by atoms with Gasteiger partial charge in [0.1, 0.15) is 10.6 Å². The second kappa shape index (κ2) is 7.91. The van der Waals surface area contributed by atoms with E-state index in [2.05, 4.69) is 5.16 Å². The Hall–Kier alpha value is -2.34. The molecule has 3 aromatic rings. The molecular weight excluding hydrogens is 393 g/mol. The zero-order valence-electron chi connectivity index (χ0n) is 13.3. The Morgan fingerprint density at radius 1 is 0.731 bits per heavy atom.